The van der Waals surface area contributed by atoms with E-state index in [1.807, 2.05) is 92.7 Å². The fraction of sp³-hybridized carbons (Fsp3) is 0.0556. The van der Waals surface area contributed by atoms with Crippen LogP contribution in [0.3, 0.4) is 0 Å². The van der Waals surface area contributed by atoms with Gasteiger partial charge in [-0.25, -0.2) is 15.0 Å². The highest BCUT2D eigenvalue weighted by atomic mass is 16.2. The van der Waals surface area contributed by atoms with E-state index in [2.05, 4.69) is 72.6 Å². The van der Waals surface area contributed by atoms with Gasteiger partial charge in [-0.1, -0.05) is 60.7 Å². The van der Waals surface area contributed by atoms with Crippen molar-refractivity contribution in [3.8, 4) is 22.8 Å². The Morgan fingerprint density at radius 1 is 0.545 bits per heavy atom. The van der Waals surface area contributed by atoms with E-state index in [-0.39, 0.29) is 6.15 Å². The summed E-state index contributed by atoms with van der Waals surface area (Å²) in [5.74, 6) is 2.87. The number of nitrogens with zero attached hydrogens (tertiary/aromatic N) is 5. The topological polar surface area (TPSA) is 98.5 Å². The summed E-state index contributed by atoms with van der Waals surface area (Å²) in [7, 11) is 0. The molecular weight excluding hydrogens is 548 g/mol. The van der Waals surface area contributed by atoms with Gasteiger partial charge in [0, 0.05) is 16.9 Å². The third-order valence-corrected chi connectivity index (χ3v) is 7.24. The first-order valence-corrected chi connectivity index (χ1v) is 14.1. The minimum atomic E-state index is 0.250. The highest BCUT2D eigenvalue weighted by Gasteiger charge is 2.12. The first kappa shape index (κ1) is 28.0. The fourth-order valence-corrected chi connectivity index (χ4v) is 5.39. The second-order valence-electron chi connectivity index (χ2n) is 10.0. The van der Waals surface area contributed by atoms with Gasteiger partial charge in [-0.05, 0) is 80.6 Å². The molecule has 0 fully saturated rings. The van der Waals surface area contributed by atoms with Gasteiger partial charge < -0.3 is 4.98 Å². The summed E-state index contributed by atoms with van der Waals surface area (Å²) in [6, 6.07) is 43.2. The number of aryl methyl sites for hydroxylation is 2. The highest BCUT2D eigenvalue weighted by molar-refractivity contribution is 5.85. The Balaban J connectivity index is 0.000000155. The molecule has 3 aromatic heterocycles. The number of H-pyrrole nitrogens is 1. The molecule has 8 aromatic rings. The van der Waals surface area contributed by atoms with Crippen LogP contribution in [0, 0.1) is 13.8 Å². The number of carbonyl (C=O) groups excluding carboxylic acids is 2. The number of imidazole rings is 3. The fourth-order valence-electron chi connectivity index (χ4n) is 5.39. The number of hydrogen-bond donors (Lipinski definition) is 1. The van der Waals surface area contributed by atoms with Crippen LogP contribution >= 0.6 is 0 Å². The SMILES string of the molecule is Cc1nc2cc(-c3nc4ccccc4[nH]3)ccc2n1-c1ccccc1.Cc1nc2ccccc2n1-c1ccccc1.O=C=O. The smallest absolute Gasteiger partial charge is 0.338 e. The molecule has 0 aliphatic rings. The van der Waals surface area contributed by atoms with Gasteiger partial charge in [0.05, 0.1) is 33.1 Å². The molecule has 0 radical (unpaired) electrons. The Labute approximate surface area is 253 Å². The Hall–Kier alpha value is -6.11. The summed E-state index contributed by atoms with van der Waals surface area (Å²) < 4.78 is 4.35. The molecule has 8 rings (SSSR count). The minimum absolute atomic E-state index is 0.250. The maximum absolute atomic E-state index is 8.12. The Kier molecular flexibility index (Phi) is 7.90. The molecule has 0 saturated carbocycles. The molecule has 3 heterocycles. The van der Waals surface area contributed by atoms with Gasteiger partial charge in [0.2, 0.25) is 0 Å². The average molecular weight is 577 g/mol. The Morgan fingerprint density at radius 3 is 1.66 bits per heavy atom. The number of hydrogen-bond acceptors (Lipinski definition) is 5. The molecule has 8 nitrogen and oxygen atoms in total. The van der Waals surface area contributed by atoms with Crippen LogP contribution in [0.1, 0.15) is 11.6 Å². The maximum atomic E-state index is 8.12. The van der Waals surface area contributed by atoms with Crippen molar-refractivity contribution >= 4 is 39.3 Å². The maximum Gasteiger partial charge on any atom is 0.373 e. The lowest BCUT2D eigenvalue weighted by Gasteiger charge is -2.06. The van der Waals surface area contributed by atoms with Gasteiger partial charge >= 0.3 is 6.15 Å². The number of aromatic amines is 1. The number of aromatic nitrogens is 6. The van der Waals surface area contributed by atoms with Crippen LogP contribution in [0.5, 0.6) is 0 Å². The van der Waals surface area contributed by atoms with E-state index < -0.39 is 0 Å². The molecule has 0 atom stereocenters. The first-order valence-electron chi connectivity index (χ1n) is 14.1. The van der Waals surface area contributed by atoms with E-state index >= 15 is 0 Å². The predicted octanol–water partition coefficient (Wildman–Crippen LogP) is 7.63. The van der Waals surface area contributed by atoms with Gasteiger partial charge in [0.1, 0.15) is 17.5 Å². The van der Waals surface area contributed by atoms with E-state index in [1.165, 1.54) is 0 Å². The zero-order valence-corrected chi connectivity index (χ0v) is 24.2. The molecule has 1 N–H and O–H groups in total. The first-order chi connectivity index (χ1) is 21.6. The van der Waals surface area contributed by atoms with Crippen LogP contribution in [0.2, 0.25) is 0 Å². The van der Waals surface area contributed by atoms with Crippen molar-refractivity contribution in [1.82, 2.24) is 29.1 Å². The van der Waals surface area contributed by atoms with Crippen molar-refractivity contribution in [3.63, 3.8) is 0 Å². The molecule has 0 aliphatic carbocycles. The second-order valence-corrected chi connectivity index (χ2v) is 10.0. The summed E-state index contributed by atoms with van der Waals surface area (Å²) in [4.78, 5) is 33.6. The summed E-state index contributed by atoms with van der Waals surface area (Å²) in [5.41, 5.74) is 9.62. The van der Waals surface area contributed by atoms with Crippen molar-refractivity contribution in [2.45, 2.75) is 13.8 Å². The lowest BCUT2D eigenvalue weighted by Crippen LogP contribution is -1.95. The van der Waals surface area contributed by atoms with E-state index in [0.717, 1.165) is 67.5 Å². The lowest BCUT2D eigenvalue weighted by atomic mass is 10.2. The van der Waals surface area contributed by atoms with Gasteiger partial charge in [-0.2, -0.15) is 9.59 Å². The van der Waals surface area contributed by atoms with Gasteiger partial charge in [0.25, 0.3) is 0 Å². The normalized spacial score (nSPS) is 10.6. The molecule has 214 valence electrons. The van der Waals surface area contributed by atoms with Gasteiger partial charge in [-0.15, -0.1) is 0 Å². The van der Waals surface area contributed by atoms with Gasteiger partial charge in [0.15, 0.2) is 0 Å². The van der Waals surface area contributed by atoms with E-state index in [4.69, 9.17) is 14.6 Å². The largest absolute Gasteiger partial charge is 0.373 e. The Morgan fingerprint density at radius 2 is 1.05 bits per heavy atom. The summed E-state index contributed by atoms with van der Waals surface area (Å²) in [6.45, 7) is 4.07. The van der Waals surface area contributed by atoms with Crippen molar-refractivity contribution < 1.29 is 9.59 Å². The molecule has 0 spiro atoms. The number of fused-ring (bicyclic) bond motifs is 3. The lowest BCUT2D eigenvalue weighted by molar-refractivity contribution is -0.191. The van der Waals surface area contributed by atoms with Crippen LogP contribution in [-0.2, 0) is 9.59 Å². The molecule has 0 amide bonds. The van der Waals surface area contributed by atoms with Crippen molar-refractivity contribution in [2.24, 2.45) is 0 Å². The standard InChI is InChI=1S/C21H16N4.C14H12N2.CO2/c1-14-22-19-13-15(21-23-17-9-5-6-10-18(17)24-21)11-12-20(19)25(14)16-7-3-2-4-8-16;1-11-15-13-9-5-6-10-14(13)16(11)12-7-3-2-4-8-12;2-1-3/h2-13H,1H3,(H,23,24);2-10H,1H3;. The third kappa shape index (κ3) is 5.53. The molecular formula is C36H28N6O2. The van der Waals surface area contributed by atoms with Crippen LogP contribution in [0.25, 0.3) is 55.9 Å². The van der Waals surface area contributed by atoms with E-state index in [9.17, 15) is 0 Å². The molecule has 0 aliphatic heterocycles. The molecule has 0 unspecified atom stereocenters. The molecule has 0 bridgehead atoms. The van der Waals surface area contributed by atoms with E-state index in [1.54, 1.807) is 0 Å². The molecule has 8 heteroatoms. The summed E-state index contributed by atoms with van der Waals surface area (Å²) in [6.07, 6.45) is 0.250. The zero-order valence-electron chi connectivity index (χ0n) is 24.2. The minimum Gasteiger partial charge on any atom is -0.338 e. The van der Waals surface area contributed by atoms with Crippen LogP contribution < -0.4 is 0 Å². The monoisotopic (exact) mass is 576 g/mol. The van der Waals surface area contributed by atoms with Crippen molar-refractivity contribution in [1.29, 1.82) is 0 Å². The average Bonchev–Trinajstić information content (AvgIpc) is 3.74. The van der Waals surface area contributed by atoms with Crippen molar-refractivity contribution in [2.75, 3.05) is 0 Å². The molecule has 0 saturated heterocycles. The number of nitrogens with one attached hydrogen (secondary N) is 1. The zero-order chi connectivity index (χ0) is 30.5. The Bertz CT molecular complexity index is 2190. The highest BCUT2D eigenvalue weighted by Crippen LogP contribution is 2.27. The van der Waals surface area contributed by atoms with Crippen LogP contribution in [0.4, 0.5) is 0 Å². The van der Waals surface area contributed by atoms with E-state index in [0.29, 0.717) is 0 Å². The van der Waals surface area contributed by atoms with Gasteiger partial charge in [-0.3, -0.25) is 9.13 Å². The molecule has 5 aromatic carbocycles. The number of para-hydroxylation sites is 6. The molecule has 44 heavy (non-hydrogen) atoms. The number of rotatable bonds is 3. The second kappa shape index (κ2) is 12.4. The quantitative estimate of drug-likeness (QED) is 0.233. The summed E-state index contributed by atoms with van der Waals surface area (Å²) >= 11 is 0. The van der Waals surface area contributed by atoms with Crippen LogP contribution in [-0.4, -0.2) is 35.2 Å². The summed E-state index contributed by atoms with van der Waals surface area (Å²) in [5, 5.41) is 0. The third-order valence-electron chi connectivity index (χ3n) is 7.24. The van der Waals surface area contributed by atoms with Crippen LogP contribution in [0.15, 0.2) is 127 Å². The predicted molar refractivity (Wildman–Crippen MR) is 172 cm³/mol. The van der Waals surface area contributed by atoms with Crippen molar-refractivity contribution in [3.05, 3.63) is 139 Å². The number of benzene rings is 5.